The van der Waals surface area contributed by atoms with E-state index in [9.17, 15) is 14.2 Å². The maximum Gasteiger partial charge on any atom is 0.358 e. The molecule has 0 heterocycles. The third kappa shape index (κ3) is 2.96. The Kier molecular flexibility index (Phi) is 3.83. The highest BCUT2D eigenvalue weighted by atomic mass is 31.1. The van der Waals surface area contributed by atoms with Crippen molar-refractivity contribution in [2.45, 2.75) is 24.9 Å². The van der Waals surface area contributed by atoms with Crippen LogP contribution in [0.1, 0.15) is 19.8 Å². The molecule has 0 aromatic carbocycles. The third-order valence-electron chi connectivity index (χ3n) is 1.54. The molecule has 0 amide bonds. The van der Waals surface area contributed by atoms with Gasteiger partial charge in [0.05, 0.1) is 6.42 Å². The summed E-state index contributed by atoms with van der Waals surface area (Å²) in [4.78, 5) is 20.6. The van der Waals surface area contributed by atoms with Crippen LogP contribution in [0, 0.1) is 0 Å². The standard InChI is InChI=1S/C6H9O5P/c1-6(12-11,5(9)10)3-2-4(7)8/h2-3H2,1H3,(H,7,8)(H,9,10)/p+1. The van der Waals surface area contributed by atoms with Crippen LogP contribution < -0.4 is 0 Å². The fraction of sp³-hybridized carbons (Fsp3) is 0.667. The summed E-state index contributed by atoms with van der Waals surface area (Å²) in [6.45, 7) is 1.27. The zero-order chi connectivity index (χ0) is 9.78. The van der Waals surface area contributed by atoms with Crippen LogP contribution in [0.4, 0.5) is 0 Å². The van der Waals surface area contributed by atoms with E-state index in [1.165, 1.54) is 6.92 Å². The summed E-state index contributed by atoms with van der Waals surface area (Å²) in [5.74, 6) is -2.31. The van der Waals surface area contributed by atoms with Gasteiger partial charge in [-0.1, -0.05) is 4.57 Å². The molecule has 2 unspecified atom stereocenters. The van der Waals surface area contributed by atoms with E-state index in [4.69, 9.17) is 10.2 Å². The minimum absolute atomic E-state index is 0.111. The number of aliphatic carboxylic acids is 2. The molecule has 0 bridgehead atoms. The molecule has 2 N–H and O–H groups in total. The number of hydrogen-bond acceptors (Lipinski definition) is 3. The van der Waals surface area contributed by atoms with E-state index in [0.29, 0.717) is 0 Å². The van der Waals surface area contributed by atoms with Gasteiger partial charge in [-0.3, -0.25) is 4.79 Å². The Bertz CT molecular complexity index is 214. The van der Waals surface area contributed by atoms with Crippen LogP contribution in [-0.2, 0) is 14.2 Å². The fourth-order valence-electron chi connectivity index (χ4n) is 0.559. The summed E-state index contributed by atoms with van der Waals surface area (Å²) < 4.78 is 10.5. The number of carbonyl (C=O) groups is 2. The van der Waals surface area contributed by atoms with E-state index in [0.717, 1.165) is 0 Å². The highest BCUT2D eigenvalue weighted by Crippen LogP contribution is 2.28. The molecule has 0 aromatic heterocycles. The van der Waals surface area contributed by atoms with E-state index in [-0.39, 0.29) is 12.8 Å². The summed E-state index contributed by atoms with van der Waals surface area (Å²) in [7, 11) is -1.03. The molecule has 0 aliphatic carbocycles. The topological polar surface area (TPSA) is 91.7 Å². The molecule has 68 valence electrons. The Morgan fingerprint density at radius 2 is 1.92 bits per heavy atom. The monoisotopic (exact) mass is 193 g/mol. The van der Waals surface area contributed by atoms with Crippen LogP contribution in [0.5, 0.6) is 0 Å². The molecular weight excluding hydrogens is 183 g/mol. The zero-order valence-corrected chi connectivity index (χ0v) is 7.53. The lowest BCUT2D eigenvalue weighted by atomic mass is 10.1. The number of rotatable bonds is 5. The van der Waals surface area contributed by atoms with Gasteiger partial charge in [0.1, 0.15) is 0 Å². The van der Waals surface area contributed by atoms with E-state index in [2.05, 4.69) is 0 Å². The average molecular weight is 193 g/mol. The van der Waals surface area contributed by atoms with Crippen molar-refractivity contribution in [3.8, 4) is 0 Å². The normalized spacial score (nSPS) is 15.4. The molecule has 0 saturated carbocycles. The molecule has 0 aromatic rings. The molecule has 0 radical (unpaired) electrons. The highest BCUT2D eigenvalue weighted by Gasteiger charge is 2.42. The summed E-state index contributed by atoms with van der Waals surface area (Å²) >= 11 is 0. The van der Waals surface area contributed by atoms with Gasteiger partial charge in [-0.2, -0.15) is 0 Å². The van der Waals surface area contributed by atoms with Crippen LogP contribution >= 0.6 is 8.46 Å². The molecule has 0 spiro atoms. The lowest BCUT2D eigenvalue weighted by Crippen LogP contribution is -2.29. The first-order valence-electron chi connectivity index (χ1n) is 3.27. The molecule has 0 rings (SSSR count). The van der Waals surface area contributed by atoms with Crippen molar-refractivity contribution < 1.29 is 24.4 Å². The first-order valence-corrected chi connectivity index (χ1v) is 4.17. The van der Waals surface area contributed by atoms with Gasteiger partial charge in [0.2, 0.25) is 0 Å². The lowest BCUT2D eigenvalue weighted by molar-refractivity contribution is -0.140. The highest BCUT2D eigenvalue weighted by molar-refractivity contribution is 7.27. The van der Waals surface area contributed by atoms with Gasteiger partial charge in [-0.25, -0.2) is 4.79 Å². The van der Waals surface area contributed by atoms with Crippen molar-refractivity contribution in [1.82, 2.24) is 0 Å². The first kappa shape index (κ1) is 11.0. The van der Waals surface area contributed by atoms with E-state index < -0.39 is 25.6 Å². The molecular formula is C6H10O5P+. The molecule has 0 fully saturated rings. The van der Waals surface area contributed by atoms with Crippen LogP contribution in [-0.4, -0.2) is 27.3 Å². The Labute approximate surface area is 70.6 Å². The van der Waals surface area contributed by atoms with E-state index >= 15 is 0 Å². The number of carboxylic acid groups (broad SMARTS) is 2. The predicted octanol–water partition coefficient (Wildman–Crippen LogP) is 0.718. The van der Waals surface area contributed by atoms with Gasteiger partial charge in [0.15, 0.2) is 0 Å². The van der Waals surface area contributed by atoms with Crippen molar-refractivity contribution in [1.29, 1.82) is 0 Å². The number of carboxylic acids is 2. The largest absolute Gasteiger partial charge is 0.481 e. The lowest BCUT2D eigenvalue weighted by Gasteiger charge is -2.07. The smallest absolute Gasteiger partial charge is 0.358 e. The second-order valence-electron chi connectivity index (χ2n) is 2.63. The summed E-state index contributed by atoms with van der Waals surface area (Å²) in [6.07, 6.45) is -0.391. The summed E-state index contributed by atoms with van der Waals surface area (Å²) in [6, 6.07) is 0. The van der Waals surface area contributed by atoms with Crippen molar-refractivity contribution in [2.24, 2.45) is 0 Å². The molecule has 2 atom stereocenters. The Hall–Kier alpha value is -0.960. The van der Waals surface area contributed by atoms with E-state index in [1.807, 2.05) is 0 Å². The van der Waals surface area contributed by atoms with Crippen molar-refractivity contribution >= 4 is 20.4 Å². The second kappa shape index (κ2) is 4.16. The minimum atomic E-state index is -1.42. The van der Waals surface area contributed by atoms with Gasteiger partial charge in [0, 0.05) is 6.42 Å². The second-order valence-corrected chi connectivity index (χ2v) is 3.94. The van der Waals surface area contributed by atoms with Gasteiger partial charge in [-0.05, 0) is 6.92 Å². The van der Waals surface area contributed by atoms with Crippen LogP contribution in [0.15, 0.2) is 0 Å². The summed E-state index contributed by atoms with van der Waals surface area (Å²) in [5.41, 5.74) is 0. The summed E-state index contributed by atoms with van der Waals surface area (Å²) in [5, 5.41) is 15.4. The Morgan fingerprint density at radius 3 is 2.17 bits per heavy atom. The van der Waals surface area contributed by atoms with Crippen LogP contribution in [0.3, 0.4) is 0 Å². The van der Waals surface area contributed by atoms with Gasteiger partial charge >= 0.3 is 20.4 Å². The number of hydrogen-bond donors (Lipinski definition) is 2. The SMILES string of the molecule is CC(CCC(=O)O)([PH+]=O)C(=O)O. The van der Waals surface area contributed by atoms with Crippen molar-refractivity contribution in [2.75, 3.05) is 0 Å². The van der Waals surface area contributed by atoms with E-state index in [1.54, 1.807) is 0 Å². The quantitative estimate of drug-likeness (QED) is 0.627. The van der Waals surface area contributed by atoms with Crippen LogP contribution in [0.25, 0.3) is 0 Å². The first-order chi connectivity index (χ1) is 5.42. The zero-order valence-electron chi connectivity index (χ0n) is 6.53. The maximum atomic E-state index is 10.5. The van der Waals surface area contributed by atoms with Crippen LogP contribution in [0.2, 0.25) is 0 Å². The van der Waals surface area contributed by atoms with Crippen molar-refractivity contribution in [3.05, 3.63) is 0 Å². The molecule has 0 aliphatic heterocycles. The van der Waals surface area contributed by atoms with Gasteiger partial charge in [-0.15, -0.1) is 0 Å². The Morgan fingerprint density at radius 1 is 1.42 bits per heavy atom. The van der Waals surface area contributed by atoms with Gasteiger partial charge in [0.25, 0.3) is 5.16 Å². The minimum Gasteiger partial charge on any atom is -0.481 e. The molecule has 0 aliphatic rings. The third-order valence-corrected chi connectivity index (χ3v) is 2.45. The molecule has 6 heteroatoms. The molecule has 12 heavy (non-hydrogen) atoms. The average Bonchev–Trinajstić information content (AvgIpc) is 1.99. The van der Waals surface area contributed by atoms with Crippen molar-refractivity contribution in [3.63, 3.8) is 0 Å². The van der Waals surface area contributed by atoms with Gasteiger partial charge < -0.3 is 10.2 Å². The predicted molar refractivity (Wildman–Crippen MR) is 41.9 cm³/mol. The maximum absolute atomic E-state index is 10.5. The fourth-order valence-corrected chi connectivity index (χ4v) is 0.873. The molecule has 5 nitrogen and oxygen atoms in total. The Balaban J connectivity index is 4.25. The molecule has 0 saturated heterocycles.